The third kappa shape index (κ3) is 3.66. The second kappa shape index (κ2) is 7.42. The third-order valence-electron chi connectivity index (χ3n) is 5.73. The van der Waals surface area contributed by atoms with Gasteiger partial charge in [0.05, 0.1) is 0 Å². The van der Waals surface area contributed by atoms with Gasteiger partial charge in [-0.3, -0.25) is 4.79 Å². The average molecular weight is 326 g/mol. The van der Waals surface area contributed by atoms with Gasteiger partial charge in [-0.1, -0.05) is 45.4 Å². The normalized spacial score (nSPS) is 24.4. The lowest BCUT2D eigenvalue weighted by Crippen LogP contribution is -2.40. The first-order valence-electron chi connectivity index (χ1n) is 9.39. The van der Waals surface area contributed by atoms with Crippen LogP contribution in [0.4, 0.5) is 0 Å². The first-order chi connectivity index (χ1) is 11.6. The SMILES string of the molecule is CC(C)[C@@H]1CC[C@@H](C)C[C@H]1C(=O)NCCc1c[nH]c2ccccc12. The quantitative estimate of drug-likeness (QED) is 0.833. The van der Waals surface area contributed by atoms with Gasteiger partial charge < -0.3 is 10.3 Å². The molecule has 1 amide bonds. The predicted octanol–water partition coefficient (Wildman–Crippen LogP) is 4.54. The highest BCUT2D eigenvalue weighted by Gasteiger charge is 2.35. The molecule has 3 rings (SSSR count). The number of para-hydroxylation sites is 1. The van der Waals surface area contributed by atoms with E-state index in [1.54, 1.807) is 0 Å². The number of fused-ring (bicyclic) bond motifs is 1. The van der Waals surface area contributed by atoms with E-state index in [9.17, 15) is 4.79 Å². The van der Waals surface area contributed by atoms with Crippen molar-refractivity contribution in [1.82, 2.24) is 10.3 Å². The molecular weight excluding hydrogens is 296 g/mol. The molecule has 3 atom stereocenters. The van der Waals surface area contributed by atoms with Gasteiger partial charge in [-0.25, -0.2) is 0 Å². The van der Waals surface area contributed by atoms with Crippen LogP contribution in [0.3, 0.4) is 0 Å². The van der Waals surface area contributed by atoms with Gasteiger partial charge in [0.1, 0.15) is 0 Å². The summed E-state index contributed by atoms with van der Waals surface area (Å²) in [6, 6.07) is 8.34. The van der Waals surface area contributed by atoms with Gasteiger partial charge in [0, 0.05) is 29.6 Å². The van der Waals surface area contributed by atoms with Crippen molar-refractivity contribution in [3.05, 3.63) is 36.0 Å². The van der Waals surface area contributed by atoms with E-state index in [1.165, 1.54) is 29.3 Å². The molecule has 1 aromatic heterocycles. The fraction of sp³-hybridized carbons (Fsp3) is 0.571. The van der Waals surface area contributed by atoms with E-state index >= 15 is 0 Å². The van der Waals surface area contributed by atoms with Crippen molar-refractivity contribution < 1.29 is 4.79 Å². The van der Waals surface area contributed by atoms with Gasteiger partial charge in [-0.15, -0.1) is 0 Å². The number of hydrogen-bond acceptors (Lipinski definition) is 1. The molecular formula is C21H30N2O. The first-order valence-corrected chi connectivity index (χ1v) is 9.39. The topological polar surface area (TPSA) is 44.9 Å². The molecule has 1 aliphatic carbocycles. The van der Waals surface area contributed by atoms with E-state index in [-0.39, 0.29) is 11.8 Å². The monoisotopic (exact) mass is 326 g/mol. The Morgan fingerprint density at radius 1 is 1.29 bits per heavy atom. The van der Waals surface area contributed by atoms with E-state index in [0.717, 1.165) is 19.4 Å². The fourth-order valence-electron chi connectivity index (χ4n) is 4.29. The van der Waals surface area contributed by atoms with Crippen molar-refractivity contribution in [1.29, 1.82) is 0 Å². The Hall–Kier alpha value is -1.77. The van der Waals surface area contributed by atoms with Gasteiger partial charge in [-0.05, 0) is 48.6 Å². The highest BCUT2D eigenvalue weighted by molar-refractivity contribution is 5.83. The molecule has 0 saturated heterocycles. The lowest BCUT2D eigenvalue weighted by Gasteiger charge is -2.36. The molecule has 1 aliphatic rings. The van der Waals surface area contributed by atoms with Crippen LogP contribution >= 0.6 is 0 Å². The van der Waals surface area contributed by atoms with E-state index in [4.69, 9.17) is 0 Å². The number of H-pyrrole nitrogens is 1. The first kappa shape index (κ1) is 17.1. The molecule has 3 nitrogen and oxygen atoms in total. The van der Waals surface area contributed by atoms with Crippen LogP contribution in [-0.4, -0.2) is 17.4 Å². The molecule has 3 heteroatoms. The lowest BCUT2D eigenvalue weighted by molar-refractivity contribution is -0.129. The largest absolute Gasteiger partial charge is 0.361 e. The van der Waals surface area contributed by atoms with E-state index in [0.29, 0.717) is 17.8 Å². The minimum Gasteiger partial charge on any atom is -0.361 e. The smallest absolute Gasteiger partial charge is 0.223 e. The number of rotatable bonds is 5. The maximum Gasteiger partial charge on any atom is 0.223 e. The van der Waals surface area contributed by atoms with Crippen LogP contribution in [-0.2, 0) is 11.2 Å². The zero-order chi connectivity index (χ0) is 17.1. The van der Waals surface area contributed by atoms with Gasteiger partial charge >= 0.3 is 0 Å². The maximum atomic E-state index is 12.7. The van der Waals surface area contributed by atoms with Crippen molar-refractivity contribution in [3.8, 4) is 0 Å². The molecule has 1 aromatic carbocycles. The molecule has 0 spiro atoms. The Morgan fingerprint density at radius 2 is 2.08 bits per heavy atom. The van der Waals surface area contributed by atoms with Crippen molar-refractivity contribution in [2.45, 2.75) is 46.5 Å². The molecule has 0 unspecified atom stereocenters. The fourth-order valence-corrected chi connectivity index (χ4v) is 4.29. The van der Waals surface area contributed by atoms with Crippen LogP contribution in [0.5, 0.6) is 0 Å². The highest BCUT2D eigenvalue weighted by Crippen LogP contribution is 2.38. The minimum absolute atomic E-state index is 0.191. The number of aromatic amines is 1. The van der Waals surface area contributed by atoms with Crippen LogP contribution in [0.25, 0.3) is 10.9 Å². The van der Waals surface area contributed by atoms with Crippen molar-refractivity contribution >= 4 is 16.8 Å². The molecule has 130 valence electrons. The average Bonchev–Trinajstić information content (AvgIpc) is 2.98. The van der Waals surface area contributed by atoms with Crippen LogP contribution in [0.15, 0.2) is 30.5 Å². The molecule has 0 aliphatic heterocycles. The minimum atomic E-state index is 0.191. The Balaban J connectivity index is 1.58. The number of hydrogen-bond donors (Lipinski definition) is 2. The summed E-state index contributed by atoms with van der Waals surface area (Å²) < 4.78 is 0. The highest BCUT2D eigenvalue weighted by atomic mass is 16.1. The maximum absolute atomic E-state index is 12.7. The molecule has 1 saturated carbocycles. The summed E-state index contributed by atoms with van der Waals surface area (Å²) in [6.07, 6.45) is 6.45. The standard InChI is InChI=1S/C21H30N2O/c1-14(2)17-9-8-15(3)12-19(17)21(24)22-11-10-16-13-23-20-7-5-4-6-18(16)20/h4-7,13-15,17,19,23H,8-12H2,1-3H3,(H,22,24)/t15-,17+,19-/m1/s1. The van der Waals surface area contributed by atoms with Gasteiger partial charge in [0.2, 0.25) is 5.91 Å². The molecule has 24 heavy (non-hydrogen) atoms. The van der Waals surface area contributed by atoms with Crippen molar-refractivity contribution in [2.75, 3.05) is 6.54 Å². The number of carbonyl (C=O) groups is 1. The molecule has 1 fully saturated rings. The number of aromatic nitrogens is 1. The van der Waals surface area contributed by atoms with Crippen LogP contribution in [0.1, 0.15) is 45.6 Å². The van der Waals surface area contributed by atoms with E-state index < -0.39 is 0 Å². The predicted molar refractivity (Wildman–Crippen MR) is 99.8 cm³/mol. The summed E-state index contributed by atoms with van der Waals surface area (Å²) in [6.45, 7) is 7.51. The number of amides is 1. The van der Waals surface area contributed by atoms with E-state index in [2.05, 4.69) is 55.5 Å². The van der Waals surface area contributed by atoms with Crippen LogP contribution < -0.4 is 5.32 Å². The molecule has 2 aromatic rings. The Bertz CT molecular complexity index is 688. The van der Waals surface area contributed by atoms with Gasteiger partial charge in [0.25, 0.3) is 0 Å². The Morgan fingerprint density at radius 3 is 2.88 bits per heavy atom. The summed E-state index contributed by atoms with van der Waals surface area (Å²) >= 11 is 0. The van der Waals surface area contributed by atoms with Crippen molar-refractivity contribution in [3.63, 3.8) is 0 Å². The summed E-state index contributed by atoms with van der Waals surface area (Å²) in [5.41, 5.74) is 2.45. The second-order valence-corrected chi connectivity index (χ2v) is 7.83. The lowest BCUT2D eigenvalue weighted by atomic mass is 9.70. The molecule has 2 N–H and O–H groups in total. The van der Waals surface area contributed by atoms with Gasteiger partial charge in [0.15, 0.2) is 0 Å². The van der Waals surface area contributed by atoms with Crippen LogP contribution in [0.2, 0.25) is 0 Å². The summed E-state index contributed by atoms with van der Waals surface area (Å²) in [7, 11) is 0. The Kier molecular flexibility index (Phi) is 5.27. The number of nitrogens with one attached hydrogen (secondary N) is 2. The van der Waals surface area contributed by atoms with Crippen molar-refractivity contribution in [2.24, 2.45) is 23.7 Å². The zero-order valence-electron chi connectivity index (χ0n) is 15.1. The second-order valence-electron chi connectivity index (χ2n) is 7.83. The molecule has 0 radical (unpaired) electrons. The van der Waals surface area contributed by atoms with E-state index in [1.807, 2.05) is 6.07 Å². The summed E-state index contributed by atoms with van der Waals surface area (Å²) in [4.78, 5) is 16.0. The number of carbonyl (C=O) groups excluding carboxylic acids is 1. The molecule has 1 heterocycles. The summed E-state index contributed by atoms with van der Waals surface area (Å²) in [5, 5.41) is 4.47. The number of benzene rings is 1. The summed E-state index contributed by atoms with van der Waals surface area (Å²) in [5.74, 6) is 2.25. The zero-order valence-corrected chi connectivity index (χ0v) is 15.1. The van der Waals surface area contributed by atoms with Crippen LogP contribution in [0, 0.1) is 23.7 Å². The van der Waals surface area contributed by atoms with Gasteiger partial charge in [-0.2, -0.15) is 0 Å². The molecule has 0 bridgehead atoms. The Labute approximate surface area is 145 Å². The third-order valence-corrected chi connectivity index (χ3v) is 5.73.